The van der Waals surface area contributed by atoms with Crippen LogP contribution in [-0.4, -0.2) is 19.9 Å². The summed E-state index contributed by atoms with van der Waals surface area (Å²) in [5.41, 5.74) is 20.8. The molecule has 8 bridgehead atoms. The molecule has 0 amide bonds. The summed E-state index contributed by atoms with van der Waals surface area (Å²) in [6, 6.07) is 51.9. The van der Waals surface area contributed by atoms with Crippen molar-refractivity contribution >= 4 is 52.0 Å². The molecule has 0 spiro atoms. The fourth-order valence-electron chi connectivity index (χ4n) is 15.3. The van der Waals surface area contributed by atoms with Crippen molar-refractivity contribution in [2.75, 3.05) is 0 Å². The van der Waals surface area contributed by atoms with E-state index in [1.54, 1.807) is 11.1 Å². The van der Waals surface area contributed by atoms with Crippen molar-refractivity contribution in [1.82, 2.24) is 19.9 Å². The fourth-order valence-corrected chi connectivity index (χ4v) is 16.2. The molecule has 84 heavy (non-hydrogen) atoms. The highest BCUT2D eigenvalue weighted by Gasteiger charge is 2.44. The van der Waals surface area contributed by atoms with Crippen LogP contribution < -0.4 is 21.4 Å². The van der Waals surface area contributed by atoms with E-state index in [2.05, 4.69) is 213 Å². The number of nitrogens with one attached hydrogen (secondary N) is 4. The van der Waals surface area contributed by atoms with Gasteiger partial charge in [0.1, 0.15) is 0 Å². The summed E-state index contributed by atoms with van der Waals surface area (Å²) in [5, 5.41) is 4.23. The van der Waals surface area contributed by atoms with Crippen LogP contribution in [-0.2, 0) is 10.8 Å². The number of benzene rings is 4. The van der Waals surface area contributed by atoms with Crippen LogP contribution >= 0.6 is 31.9 Å². The predicted octanol–water partition coefficient (Wildman–Crippen LogP) is 20.4. The lowest BCUT2D eigenvalue weighted by Crippen LogP contribution is -2.26. The van der Waals surface area contributed by atoms with Gasteiger partial charge in [0.25, 0.3) is 0 Å². The molecule has 1 aliphatic heterocycles. The van der Waals surface area contributed by atoms with Crippen molar-refractivity contribution in [3.63, 3.8) is 0 Å². The summed E-state index contributed by atoms with van der Waals surface area (Å²) >= 11 is 8.37. The van der Waals surface area contributed by atoms with E-state index in [0.717, 1.165) is 53.1 Å². The molecular formula is C78H94Br2N4. The van der Waals surface area contributed by atoms with Crippen LogP contribution in [0.15, 0.2) is 133 Å². The van der Waals surface area contributed by atoms with Crippen LogP contribution in [0.4, 0.5) is 0 Å². The maximum absolute atomic E-state index is 4.19. The molecule has 3 aliphatic rings. The highest BCUT2D eigenvalue weighted by Crippen LogP contribution is 2.56. The lowest BCUT2D eigenvalue weighted by molar-refractivity contribution is 0.398. The summed E-state index contributed by atoms with van der Waals surface area (Å²) in [4.78, 5) is 15.9. The van der Waals surface area contributed by atoms with Crippen molar-refractivity contribution < 1.29 is 0 Å². The van der Waals surface area contributed by atoms with Gasteiger partial charge in [0, 0.05) is 44.1 Å². The van der Waals surface area contributed by atoms with Crippen molar-refractivity contribution in [1.29, 1.82) is 0 Å². The summed E-state index contributed by atoms with van der Waals surface area (Å²) < 4.78 is 2.01. The molecule has 4 aromatic carbocycles. The first kappa shape index (κ1) is 60.1. The number of halogens is 2. The zero-order valence-electron chi connectivity index (χ0n) is 51.3. The molecule has 8 aromatic rings. The molecule has 0 fully saturated rings. The maximum Gasteiger partial charge on any atom is 0.0645 e. The minimum atomic E-state index is -0.0206. The first-order chi connectivity index (χ1) is 41.3. The number of unbranched alkanes of at least 4 members (excludes halogenated alkanes) is 20. The van der Waals surface area contributed by atoms with Crippen LogP contribution in [0.1, 0.15) is 264 Å². The monoisotopic (exact) mass is 1240 g/mol. The van der Waals surface area contributed by atoms with Gasteiger partial charge in [-0.3, -0.25) is 0 Å². The Balaban J connectivity index is 1.02. The van der Waals surface area contributed by atoms with Crippen LogP contribution in [0.5, 0.6) is 0 Å². The van der Waals surface area contributed by atoms with E-state index >= 15 is 0 Å². The Morgan fingerprint density at radius 3 is 0.964 bits per heavy atom. The van der Waals surface area contributed by atoms with E-state index in [1.807, 2.05) is 0 Å². The molecule has 4 nitrogen and oxygen atoms in total. The van der Waals surface area contributed by atoms with Gasteiger partial charge in [-0.15, -0.1) is 0 Å². The van der Waals surface area contributed by atoms with Crippen molar-refractivity contribution in [2.24, 2.45) is 0 Å². The lowest BCUT2D eigenvalue weighted by Gasteiger charge is -2.33. The summed E-state index contributed by atoms with van der Waals surface area (Å²) in [5.74, 6) is 0. The zero-order valence-corrected chi connectivity index (χ0v) is 54.4. The van der Waals surface area contributed by atoms with Crippen molar-refractivity contribution in [3.8, 4) is 22.3 Å². The first-order valence-electron chi connectivity index (χ1n) is 33.4. The van der Waals surface area contributed by atoms with E-state index < -0.39 is 0 Å². The summed E-state index contributed by atoms with van der Waals surface area (Å²) in [7, 11) is 0. The zero-order chi connectivity index (χ0) is 57.9. The second kappa shape index (κ2) is 28.3. The molecule has 0 atom stereocenters. The van der Waals surface area contributed by atoms with Crippen LogP contribution in [0, 0.1) is 0 Å². The average Bonchev–Trinajstić information content (AvgIpc) is 1.99. The Kier molecular flexibility index (Phi) is 20.3. The predicted molar refractivity (Wildman–Crippen MR) is 365 cm³/mol. The number of aromatic amines is 4. The third kappa shape index (κ3) is 12.5. The molecule has 2 aliphatic carbocycles. The molecule has 0 saturated carbocycles. The lowest BCUT2D eigenvalue weighted by atomic mass is 9.70. The van der Waals surface area contributed by atoms with Crippen LogP contribution in [0.2, 0.25) is 0 Å². The highest BCUT2D eigenvalue weighted by molar-refractivity contribution is 9.15. The number of hydrogen-bond donors (Lipinski definition) is 4. The second-order valence-electron chi connectivity index (χ2n) is 25.4. The van der Waals surface area contributed by atoms with Gasteiger partial charge >= 0.3 is 0 Å². The van der Waals surface area contributed by atoms with Gasteiger partial charge in [-0.1, -0.05) is 255 Å². The van der Waals surface area contributed by atoms with E-state index in [0.29, 0.717) is 0 Å². The van der Waals surface area contributed by atoms with Crippen LogP contribution in [0.25, 0.3) is 42.4 Å². The first-order valence-corrected chi connectivity index (χ1v) is 35.0. The van der Waals surface area contributed by atoms with Gasteiger partial charge in [-0.05, 0) is 174 Å². The number of fused-ring (bicyclic) bond motifs is 14. The van der Waals surface area contributed by atoms with E-state index in [1.165, 1.54) is 235 Å². The molecule has 0 saturated heterocycles. The van der Waals surface area contributed by atoms with Gasteiger partial charge in [0.05, 0.1) is 31.1 Å². The summed E-state index contributed by atoms with van der Waals surface area (Å²) in [6.45, 7) is 9.30. The Morgan fingerprint density at radius 2 is 0.595 bits per heavy atom. The third-order valence-corrected chi connectivity index (χ3v) is 21.4. The third-order valence-electron chi connectivity index (χ3n) is 19.7. The van der Waals surface area contributed by atoms with Gasteiger partial charge < -0.3 is 19.9 Å². The van der Waals surface area contributed by atoms with E-state index in [4.69, 9.17) is 0 Å². The number of H-pyrrole nitrogens is 4. The SMILES string of the molecule is CCCCCCCCC1(CCCCCCCC)c2ccccc2-c2ccc(C3=c4ccc([nH]4)=C(Br)c4ccc([nH]4)C(c4ccc5c(c4)C(CCCCCCCC)(CCCCCCCC)c4ccccc4-5)=c4ccc([nH]4)=C(Br)c4ccc3[nH]4)cc21. The number of aromatic nitrogens is 4. The number of hydrogen-bond acceptors (Lipinski definition) is 0. The molecule has 0 unspecified atom stereocenters. The number of rotatable bonds is 30. The van der Waals surface area contributed by atoms with Gasteiger partial charge in [0.2, 0.25) is 0 Å². The Hall–Kier alpha value is -5.56. The standard InChI is InChI=1S/C78H94Br2N4/c1-5-9-13-17-21-29-49-77(50-30-22-18-14-10-6-2)61-35-27-25-33-57(61)59-39-37-55(53-63(59)77)73-65-41-45-69(81-65)75(79)71-47-43-67(83-71)74(68-44-48-72(84-68)76(80)70-46-42-66(73)82-70)56-38-40-60-58-34-26-28-36-62(58)78(64(60)54-56,51-31-23-19-15-11-7-3)52-32-24-20-16-12-8-4/h25-28,33-48,53-54,81-84H,5-24,29-32,49-52H2,1-4H3. The molecule has 0 radical (unpaired) electrons. The van der Waals surface area contributed by atoms with Gasteiger partial charge in [0.15, 0.2) is 0 Å². The molecule has 4 N–H and O–H groups in total. The Bertz CT molecular complexity index is 3480. The minimum absolute atomic E-state index is 0.0206. The smallest absolute Gasteiger partial charge is 0.0645 e. The molecule has 11 rings (SSSR count). The summed E-state index contributed by atoms with van der Waals surface area (Å²) in [6.07, 6.45) is 36.1. The highest BCUT2D eigenvalue weighted by atomic mass is 79.9. The molecule has 6 heteroatoms. The minimum Gasteiger partial charge on any atom is -0.354 e. The van der Waals surface area contributed by atoms with Crippen molar-refractivity contribution in [2.45, 2.75) is 218 Å². The molecular weight excluding hydrogens is 1150 g/mol. The Morgan fingerprint density at radius 1 is 0.286 bits per heavy atom. The van der Waals surface area contributed by atoms with E-state index in [-0.39, 0.29) is 10.8 Å². The Labute approximate surface area is 519 Å². The average molecular weight is 1250 g/mol. The van der Waals surface area contributed by atoms with Gasteiger partial charge in [-0.25, -0.2) is 0 Å². The topological polar surface area (TPSA) is 63.2 Å². The molecule has 440 valence electrons. The maximum atomic E-state index is 4.19. The molecule has 5 heterocycles. The van der Waals surface area contributed by atoms with E-state index in [9.17, 15) is 0 Å². The van der Waals surface area contributed by atoms with Crippen LogP contribution in [0.3, 0.4) is 0 Å². The molecule has 4 aromatic heterocycles. The largest absolute Gasteiger partial charge is 0.354 e. The van der Waals surface area contributed by atoms with Crippen molar-refractivity contribution in [3.05, 3.63) is 211 Å². The second-order valence-corrected chi connectivity index (χ2v) is 27.0. The fraction of sp³-hybridized carbons (Fsp3) is 0.436. The van der Waals surface area contributed by atoms with Gasteiger partial charge in [-0.2, -0.15) is 0 Å². The normalized spacial score (nSPS) is 14.5. The quantitative estimate of drug-likeness (QED) is 0.0324.